The van der Waals surface area contributed by atoms with E-state index in [9.17, 15) is 9.90 Å². The second-order valence-electron chi connectivity index (χ2n) is 10.5. The van der Waals surface area contributed by atoms with Crippen LogP contribution in [0, 0.1) is 6.92 Å². The molecule has 0 N–H and O–H groups in total. The van der Waals surface area contributed by atoms with Gasteiger partial charge in [0.1, 0.15) is 21.2 Å². The van der Waals surface area contributed by atoms with Gasteiger partial charge in [-0.15, -0.1) is 0 Å². The van der Waals surface area contributed by atoms with Crippen molar-refractivity contribution in [3.05, 3.63) is 87.6 Å². The van der Waals surface area contributed by atoms with Gasteiger partial charge in [-0.1, -0.05) is 42.9 Å². The topological polar surface area (TPSA) is 46.4 Å². The van der Waals surface area contributed by atoms with E-state index in [0.717, 1.165) is 42.9 Å². The molecular formula is C29H30N2O2Si. The fraction of sp³-hybridized carbons (Fsp3) is 0.310. The van der Waals surface area contributed by atoms with Crippen molar-refractivity contribution in [1.82, 2.24) is 0 Å². The number of allylic oxidation sites excluding steroid dienone is 5. The van der Waals surface area contributed by atoms with E-state index in [-0.39, 0.29) is 5.56 Å². The summed E-state index contributed by atoms with van der Waals surface area (Å²) >= 11 is 0. The van der Waals surface area contributed by atoms with Crippen LogP contribution in [-0.2, 0) is 0 Å². The van der Waals surface area contributed by atoms with Gasteiger partial charge in [0, 0.05) is 36.5 Å². The number of carbonyl (C=O) groups excluding carboxylic acids is 1. The van der Waals surface area contributed by atoms with Gasteiger partial charge in [-0.25, -0.2) is 4.58 Å². The standard InChI is InChI=1S/C29H30N2O2Si/c1-19-6-9-22(29(32)33)25(16-19)28-23-10-7-20(30-12-4-13-30)17-26(23)34(2,3)27-18-21(8-11-24(27)28)31-14-5-15-31/h6-11,16-18H,4-5,12-15H2,1-3H3. The average Bonchev–Trinajstić information content (AvgIpc) is 2.72. The molecule has 5 heteroatoms. The lowest BCUT2D eigenvalue weighted by Gasteiger charge is -2.40. The highest BCUT2D eigenvalue weighted by Crippen LogP contribution is 2.43. The highest BCUT2D eigenvalue weighted by molar-refractivity contribution is 6.98. The number of fused-ring (bicyclic) bond motifs is 2. The third kappa shape index (κ3) is 3.17. The summed E-state index contributed by atoms with van der Waals surface area (Å²) in [6.45, 7) is 11.3. The predicted molar refractivity (Wildman–Crippen MR) is 139 cm³/mol. The van der Waals surface area contributed by atoms with Crippen molar-refractivity contribution in [2.75, 3.05) is 31.1 Å². The van der Waals surface area contributed by atoms with Crippen LogP contribution in [0.5, 0.6) is 0 Å². The first kappa shape index (κ1) is 21.4. The second kappa shape index (κ2) is 7.67. The highest BCUT2D eigenvalue weighted by Gasteiger charge is 2.41. The zero-order valence-corrected chi connectivity index (χ0v) is 21.1. The quantitative estimate of drug-likeness (QED) is 0.516. The average molecular weight is 467 g/mol. The van der Waals surface area contributed by atoms with Crippen molar-refractivity contribution < 1.29 is 14.5 Å². The summed E-state index contributed by atoms with van der Waals surface area (Å²) in [5.41, 5.74) is 8.04. The van der Waals surface area contributed by atoms with Crippen LogP contribution in [-0.4, -0.2) is 50.5 Å². The van der Waals surface area contributed by atoms with Crippen LogP contribution >= 0.6 is 0 Å². The fourth-order valence-electron chi connectivity index (χ4n) is 5.70. The third-order valence-electron chi connectivity index (χ3n) is 8.00. The minimum atomic E-state index is -2.03. The Morgan fingerprint density at radius 3 is 2.44 bits per heavy atom. The molecule has 0 unspecified atom stereocenters. The molecule has 3 aliphatic heterocycles. The third-order valence-corrected chi connectivity index (χ3v) is 11.5. The molecule has 0 amide bonds. The summed E-state index contributed by atoms with van der Waals surface area (Å²) in [5.74, 6) is -1.12. The normalized spacial score (nSPS) is 20.3. The van der Waals surface area contributed by atoms with E-state index in [4.69, 9.17) is 0 Å². The Bertz CT molecular complexity index is 1370. The number of carboxylic acids is 1. The molecule has 4 nitrogen and oxygen atoms in total. The molecule has 2 aromatic rings. The Morgan fingerprint density at radius 2 is 1.79 bits per heavy atom. The van der Waals surface area contributed by atoms with Crippen molar-refractivity contribution in [3.8, 4) is 0 Å². The van der Waals surface area contributed by atoms with Gasteiger partial charge in [-0.05, 0) is 64.2 Å². The van der Waals surface area contributed by atoms with E-state index in [1.54, 1.807) is 6.07 Å². The lowest BCUT2D eigenvalue weighted by molar-refractivity contribution is -0.582. The van der Waals surface area contributed by atoms with Crippen molar-refractivity contribution in [2.24, 2.45) is 0 Å². The Balaban J connectivity index is 1.66. The Labute approximate surface area is 202 Å². The van der Waals surface area contributed by atoms with Gasteiger partial charge >= 0.3 is 0 Å². The van der Waals surface area contributed by atoms with Crippen molar-refractivity contribution in [1.29, 1.82) is 0 Å². The molecule has 0 spiro atoms. The largest absolute Gasteiger partial charge is 0.545 e. The maximum Gasteiger partial charge on any atom is 0.199 e. The van der Waals surface area contributed by atoms with E-state index in [0.29, 0.717) is 0 Å². The van der Waals surface area contributed by atoms with Crippen molar-refractivity contribution >= 4 is 36.2 Å². The van der Waals surface area contributed by atoms with Crippen molar-refractivity contribution in [2.45, 2.75) is 32.9 Å². The Hall–Kier alpha value is -3.18. The maximum absolute atomic E-state index is 12.2. The fourth-order valence-corrected chi connectivity index (χ4v) is 8.77. The van der Waals surface area contributed by atoms with Crippen LogP contribution < -0.4 is 15.2 Å². The van der Waals surface area contributed by atoms with E-state index >= 15 is 0 Å². The SMILES string of the molecule is Cc1ccc(C(=O)[O-])c(C2=C3C=CC(=[N+]4CCC4)C=C3[Si](C)(C)c3cc(N4CCC4)ccc32)c1. The molecule has 0 radical (unpaired) electrons. The number of benzene rings is 2. The lowest BCUT2D eigenvalue weighted by Crippen LogP contribution is -2.50. The zero-order chi connectivity index (χ0) is 23.6. The summed E-state index contributed by atoms with van der Waals surface area (Å²) in [7, 11) is -2.03. The molecule has 1 aliphatic carbocycles. The molecule has 3 heterocycles. The lowest BCUT2D eigenvalue weighted by atomic mass is 9.86. The summed E-state index contributed by atoms with van der Waals surface area (Å²) in [6, 6.07) is 12.4. The molecule has 0 bridgehead atoms. The van der Waals surface area contributed by atoms with Gasteiger partial charge in [0.05, 0.1) is 12.4 Å². The van der Waals surface area contributed by atoms with Gasteiger partial charge in [0.25, 0.3) is 0 Å². The van der Waals surface area contributed by atoms with E-state index < -0.39 is 14.0 Å². The smallest absolute Gasteiger partial charge is 0.199 e. The molecular weight excluding hydrogens is 436 g/mol. The summed E-state index contributed by atoms with van der Waals surface area (Å²) in [5, 5.41) is 15.0. The molecule has 0 aromatic heterocycles. The van der Waals surface area contributed by atoms with Gasteiger partial charge in [-0.3, -0.25) is 0 Å². The van der Waals surface area contributed by atoms with Crippen LogP contribution in [0.1, 0.15) is 39.9 Å². The Morgan fingerprint density at radius 1 is 1.00 bits per heavy atom. The number of hydrogen-bond donors (Lipinski definition) is 0. The van der Waals surface area contributed by atoms with Crippen LogP contribution in [0.3, 0.4) is 0 Å². The monoisotopic (exact) mass is 466 g/mol. The van der Waals surface area contributed by atoms with Gasteiger partial charge in [-0.2, -0.15) is 0 Å². The minimum Gasteiger partial charge on any atom is -0.545 e. The van der Waals surface area contributed by atoms with Crippen LogP contribution in [0.15, 0.2) is 65.4 Å². The van der Waals surface area contributed by atoms with E-state index in [2.05, 4.69) is 59.0 Å². The highest BCUT2D eigenvalue weighted by atomic mass is 28.3. The molecule has 2 fully saturated rings. The number of carbonyl (C=O) groups is 1. The molecule has 0 atom stereocenters. The number of aryl methyl sites for hydroxylation is 1. The summed E-state index contributed by atoms with van der Waals surface area (Å²) in [4.78, 5) is 14.6. The maximum atomic E-state index is 12.2. The molecule has 6 rings (SSSR count). The molecule has 2 saturated heterocycles. The van der Waals surface area contributed by atoms with Gasteiger partial charge < -0.3 is 14.8 Å². The minimum absolute atomic E-state index is 0.262. The predicted octanol–water partition coefficient (Wildman–Crippen LogP) is 3.19. The first-order valence-corrected chi connectivity index (χ1v) is 15.3. The first-order valence-electron chi connectivity index (χ1n) is 12.3. The number of anilines is 1. The number of hydrogen-bond acceptors (Lipinski definition) is 3. The summed E-state index contributed by atoms with van der Waals surface area (Å²) in [6.07, 6.45) is 9.34. The van der Waals surface area contributed by atoms with E-state index in [1.807, 2.05) is 19.1 Å². The Kier molecular flexibility index (Phi) is 4.82. The van der Waals surface area contributed by atoms with Gasteiger partial charge in [0.2, 0.25) is 0 Å². The van der Waals surface area contributed by atoms with Crippen LogP contribution in [0.25, 0.3) is 5.57 Å². The van der Waals surface area contributed by atoms with Crippen LogP contribution in [0.2, 0.25) is 13.1 Å². The number of aromatic carboxylic acids is 1. The van der Waals surface area contributed by atoms with Crippen molar-refractivity contribution in [3.63, 3.8) is 0 Å². The number of nitrogens with zero attached hydrogens (tertiary/aromatic N) is 2. The first-order chi connectivity index (χ1) is 16.3. The molecule has 34 heavy (non-hydrogen) atoms. The second-order valence-corrected chi connectivity index (χ2v) is 14.8. The van der Waals surface area contributed by atoms with Crippen LogP contribution in [0.4, 0.5) is 5.69 Å². The summed E-state index contributed by atoms with van der Waals surface area (Å²) < 4.78 is 2.44. The molecule has 0 saturated carbocycles. The molecule has 4 aliphatic rings. The number of rotatable bonds is 3. The molecule has 172 valence electrons. The molecule has 2 aromatic carbocycles. The van der Waals surface area contributed by atoms with Gasteiger partial charge in [0.15, 0.2) is 5.71 Å². The zero-order valence-electron chi connectivity index (χ0n) is 20.1. The number of carboxylic acid groups (broad SMARTS) is 1. The van der Waals surface area contributed by atoms with E-state index in [1.165, 1.54) is 45.8 Å².